The molecule has 104 valence electrons. The molecular formula is C15H22N2O2. The zero-order valence-electron chi connectivity index (χ0n) is 11.8. The molecule has 4 nitrogen and oxygen atoms in total. The number of hydrogen-bond donors (Lipinski definition) is 1. The molecule has 2 atom stereocenters. The van der Waals surface area contributed by atoms with Crippen LogP contribution in [0.5, 0.6) is 0 Å². The molecule has 0 aliphatic heterocycles. The molecule has 19 heavy (non-hydrogen) atoms. The fourth-order valence-electron chi connectivity index (χ4n) is 3.16. The Balaban J connectivity index is 2.13. The SMILES string of the molecule is Cc1ccc([N+](=O)[O-])cc1NC1CC(C)CC(C)C1. The average Bonchev–Trinajstić information content (AvgIpc) is 2.30. The van der Waals surface area contributed by atoms with Crippen LogP contribution < -0.4 is 5.32 Å². The highest BCUT2D eigenvalue weighted by Crippen LogP contribution is 2.32. The van der Waals surface area contributed by atoms with Crippen molar-refractivity contribution in [3.63, 3.8) is 0 Å². The summed E-state index contributed by atoms with van der Waals surface area (Å²) in [6, 6.07) is 5.46. The predicted octanol–water partition coefficient (Wildman–Crippen LogP) is 4.14. The van der Waals surface area contributed by atoms with Crippen molar-refractivity contribution >= 4 is 11.4 Å². The molecular weight excluding hydrogens is 240 g/mol. The van der Waals surface area contributed by atoms with Crippen LogP contribution in [-0.4, -0.2) is 11.0 Å². The van der Waals surface area contributed by atoms with Crippen LogP contribution in [0.1, 0.15) is 38.7 Å². The van der Waals surface area contributed by atoms with Crippen molar-refractivity contribution < 1.29 is 4.92 Å². The van der Waals surface area contributed by atoms with Gasteiger partial charge < -0.3 is 5.32 Å². The maximum atomic E-state index is 10.8. The van der Waals surface area contributed by atoms with Crippen LogP contribution in [0.4, 0.5) is 11.4 Å². The van der Waals surface area contributed by atoms with Crippen molar-refractivity contribution in [1.29, 1.82) is 0 Å². The van der Waals surface area contributed by atoms with Gasteiger partial charge in [-0.1, -0.05) is 19.9 Å². The summed E-state index contributed by atoms with van der Waals surface area (Å²) in [5.41, 5.74) is 2.13. The molecule has 0 aromatic heterocycles. The van der Waals surface area contributed by atoms with Crippen LogP contribution in [0.2, 0.25) is 0 Å². The van der Waals surface area contributed by atoms with Gasteiger partial charge in [-0.25, -0.2) is 0 Å². The summed E-state index contributed by atoms with van der Waals surface area (Å²) in [4.78, 5) is 10.5. The third kappa shape index (κ3) is 3.46. The molecule has 0 heterocycles. The second-order valence-corrected chi connectivity index (χ2v) is 6.02. The minimum atomic E-state index is -0.337. The standard InChI is InChI=1S/C15H22N2O2/c1-10-6-11(2)8-13(7-10)16-15-9-14(17(18)19)5-4-12(15)3/h4-5,9-11,13,16H,6-8H2,1-3H3. The zero-order chi connectivity index (χ0) is 14.0. The van der Waals surface area contributed by atoms with Gasteiger partial charge in [0.25, 0.3) is 5.69 Å². The topological polar surface area (TPSA) is 55.2 Å². The highest BCUT2D eigenvalue weighted by molar-refractivity contribution is 5.57. The molecule has 4 heteroatoms. The quantitative estimate of drug-likeness (QED) is 0.658. The Bertz CT molecular complexity index is 463. The van der Waals surface area contributed by atoms with Crippen LogP contribution >= 0.6 is 0 Å². The fourth-order valence-corrected chi connectivity index (χ4v) is 3.16. The normalized spacial score (nSPS) is 27.0. The summed E-state index contributed by atoms with van der Waals surface area (Å²) < 4.78 is 0. The lowest BCUT2D eigenvalue weighted by atomic mass is 9.80. The summed E-state index contributed by atoms with van der Waals surface area (Å²) in [6.07, 6.45) is 3.57. The molecule has 2 unspecified atom stereocenters. The van der Waals surface area contributed by atoms with E-state index in [2.05, 4.69) is 19.2 Å². The molecule has 1 saturated carbocycles. The molecule has 1 fully saturated rings. The number of aryl methyl sites for hydroxylation is 1. The van der Waals surface area contributed by atoms with Gasteiger partial charge >= 0.3 is 0 Å². The van der Waals surface area contributed by atoms with E-state index in [0.717, 1.165) is 35.9 Å². The number of non-ortho nitro benzene ring substituents is 1. The van der Waals surface area contributed by atoms with Gasteiger partial charge in [-0.15, -0.1) is 0 Å². The van der Waals surface area contributed by atoms with Crippen molar-refractivity contribution in [3.05, 3.63) is 33.9 Å². The Morgan fingerprint density at radius 2 is 1.84 bits per heavy atom. The van der Waals surface area contributed by atoms with Gasteiger partial charge in [0.05, 0.1) is 4.92 Å². The Labute approximate surface area is 114 Å². The molecule has 1 aliphatic rings. The Morgan fingerprint density at radius 1 is 1.21 bits per heavy atom. The summed E-state index contributed by atoms with van der Waals surface area (Å²) in [5, 5.41) is 14.3. The second kappa shape index (κ2) is 5.59. The molecule has 0 radical (unpaired) electrons. The maximum Gasteiger partial charge on any atom is 0.271 e. The van der Waals surface area contributed by atoms with E-state index >= 15 is 0 Å². The van der Waals surface area contributed by atoms with E-state index in [1.807, 2.05) is 13.0 Å². The molecule has 1 aliphatic carbocycles. The first kappa shape index (κ1) is 13.8. The number of benzene rings is 1. The lowest BCUT2D eigenvalue weighted by molar-refractivity contribution is -0.384. The largest absolute Gasteiger partial charge is 0.382 e. The van der Waals surface area contributed by atoms with E-state index in [-0.39, 0.29) is 10.6 Å². The van der Waals surface area contributed by atoms with Crippen LogP contribution in [0, 0.1) is 28.9 Å². The smallest absolute Gasteiger partial charge is 0.271 e. The number of nitrogens with zero attached hydrogens (tertiary/aromatic N) is 1. The first-order chi connectivity index (χ1) is 8.95. The van der Waals surface area contributed by atoms with Crippen LogP contribution in [0.15, 0.2) is 18.2 Å². The Hall–Kier alpha value is -1.58. The fraction of sp³-hybridized carbons (Fsp3) is 0.600. The number of anilines is 1. The minimum absolute atomic E-state index is 0.157. The van der Waals surface area contributed by atoms with Gasteiger partial charge in [0.2, 0.25) is 0 Å². The van der Waals surface area contributed by atoms with E-state index in [0.29, 0.717) is 6.04 Å². The number of nitrogens with one attached hydrogen (secondary N) is 1. The Morgan fingerprint density at radius 3 is 2.42 bits per heavy atom. The van der Waals surface area contributed by atoms with Gasteiger partial charge in [-0.2, -0.15) is 0 Å². The monoisotopic (exact) mass is 262 g/mol. The molecule has 1 N–H and O–H groups in total. The number of hydrogen-bond acceptors (Lipinski definition) is 3. The van der Waals surface area contributed by atoms with Gasteiger partial charge in [0.1, 0.15) is 0 Å². The minimum Gasteiger partial charge on any atom is -0.382 e. The van der Waals surface area contributed by atoms with Crippen LogP contribution in [0.3, 0.4) is 0 Å². The lowest BCUT2D eigenvalue weighted by Gasteiger charge is -2.33. The van der Waals surface area contributed by atoms with Crippen molar-refractivity contribution in [2.24, 2.45) is 11.8 Å². The van der Waals surface area contributed by atoms with E-state index in [1.165, 1.54) is 6.42 Å². The van der Waals surface area contributed by atoms with E-state index < -0.39 is 0 Å². The molecule has 0 amide bonds. The summed E-state index contributed by atoms with van der Waals surface area (Å²) in [7, 11) is 0. The molecule has 1 aromatic carbocycles. The molecule has 0 bridgehead atoms. The summed E-state index contributed by atoms with van der Waals surface area (Å²) in [6.45, 7) is 6.55. The predicted molar refractivity (Wildman–Crippen MR) is 77.4 cm³/mol. The Kier molecular flexibility index (Phi) is 4.08. The third-order valence-electron chi connectivity index (χ3n) is 3.97. The van der Waals surface area contributed by atoms with E-state index in [9.17, 15) is 10.1 Å². The number of nitro benzene ring substituents is 1. The third-order valence-corrected chi connectivity index (χ3v) is 3.97. The van der Waals surface area contributed by atoms with Crippen LogP contribution in [0.25, 0.3) is 0 Å². The number of nitro groups is 1. The van der Waals surface area contributed by atoms with Crippen LogP contribution in [-0.2, 0) is 0 Å². The van der Waals surface area contributed by atoms with Gasteiger partial charge in [0, 0.05) is 23.9 Å². The van der Waals surface area contributed by atoms with Crippen molar-refractivity contribution in [2.75, 3.05) is 5.32 Å². The van der Waals surface area contributed by atoms with Gasteiger partial charge in [-0.3, -0.25) is 10.1 Å². The van der Waals surface area contributed by atoms with Gasteiger partial charge in [-0.05, 0) is 43.6 Å². The second-order valence-electron chi connectivity index (χ2n) is 6.02. The highest BCUT2D eigenvalue weighted by atomic mass is 16.6. The van der Waals surface area contributed by atoms with E-state index in [4.69, 9.17) is 0 Å². The summed E-state index contributed by atoms with van der Waals surface area (Å²) in [5.74, 6) is 1.44. The maximum absolute atomic E-state index is 10.8. The lowest BCUT2D eigenvalue weighted by Crippen LogP contribution is -2.30. The average molecular weight is 262 g/mol. The molecule has 0 spiro atoms. The molecule has 1 aromatic rings. The van der Waals surface area contributed by atoms with Crippen molar-refractivity contribution in [3.8, 4) is 0 Å². The van der Waals surface area contributed by atoms with Crippen molar-refractivity contribution in [1.82, 2.24) is 0 Å². The van der Waals surface area contributed by atoms with Gasteiger partial charge in [0.15, 0.2) is 0 Å². The van der Waals surface area contributed by atoms with Crippen molar-refractivity contribution in [2.45, 2.75) is 46.1 Å². The molecule has 2 rings (SSSR count). The zero-order valence-corrected chi connectivity index (χ0v) is 11.8. The van der Waals surface area contributed by atoms with E-state index in [1.54, 1.807) is 12.1 Å². The number of rotatable bonds is 3. The first-order valence-corrected chi connectivity index (χ1v) is 6.97. The molecule has 0 saturated heterocycles. The highest BCUT2D eigenvalue weighted by Gasteiger charge is 2.24. The first-order valence-electron chi connectivity index (χ1n) is 6.97. The summed E-state index contributed by atoms with van der Waals surface area (Å²) >= 11 is 0.